The first-order chi connectivity index (χ1) is 10.3. The zero-order chi connectivity index (χ0) is 16.3. The van der Waals surface area contributed by atoms with Crippen LogP contribution in [0, 0.1) is 15.9 Å². The minimum Gasteiger partial charge on any atom is -0.469 e. The Morgan fingerprint density at radius 1 is 1.50 bits per heavy atom. The minimum atomic E-state index is -1.12. The Morgan fingerprint density at radius 2 is 2.14 bits per heavy atom. The Morgan fingerprint density at radius 3 is 2.64 bits per heavy atom. The van der Waals surface area contributed by atoms with Crippen LogP contribution in [0.5, 0.6) is 0 Å². The van der Waals surface area contributed by atoms with Gasteiger partial charge in [-0.3, -0.25) is 14.9 Å². The van der Waals surface area contributed by atoms with Gasteiger partial charge in [-0.15, -0.1) is 0 Å². The van der Waals surface area contributed by atoms with Crippen LogP contribution in [-0.2, 0) is 9.53 Å². The fourth-order valence-corrected chi connectivity index (χ4v) is 2.54. The van der Waals surface area contributed by atoms with Gasteiger partial charge in [0.2, 0.25) is 5.82 Å². The molecule has 1 heterocycles. The monoisotopic (exact) mass is 312 g/mol. The largest absolute Gasteiger partial charge is 0.469 e. The number of hydrogen-bond acceptors (Lipinski definition) is 6. The molecule has 0 saturated carbocycles. The molecule has 8 heteroatoms. The van der Waals surface area contributed by atoms with Crippen LogP contribution in [0.2, 0.25) is 0 Å². The van der Waals surface area contributed by atoms with Crippen molar-refractivity contribution in [2.75, 3.05) is 25.1 Å². The summed E-state index contributed by atoms with van der Waals surface area (Å²) >= 11 is 0. The van der Waals surface area contributed by atoms with Gasteiger partial charge in [0.1, 0.15) is 0 Å². The molecule has 1 aromatic carbocycles. The molecule has 2 rings (SSSR count). The number of hydrogen-bond donors (Lipinski definition) is 1. The standard InChI is InChI=1S/C14H17FN2O5/c1-22-13(18)9-14(19)4-6-16(7-5-14)10-2-3-12(17(20)21)11(15)8-10/h2-3,8,19H,4-7,9H2,1H3. The molecule has 1 saturated heterocycles. The summed E-state index contributed by atoms with van der Waals surface area (Å²) < 4.78 is 18.2. The number of ether oxygens (including phenoxy) is 1. The number of aliphatic hydroxyl groups is 1. The van der Waals surface area contributed by atoms with E-state index in [0.29, 0.717) is 31.6 Å². The zero-order valence-electron chi connectivity index (χ0n) is 12.1. The van der Waals surface area contributed by atoms with Crippen molar-refractivity contribution in [1.29, 1.82) is 0 Å². The number of methoxy groups -OCH3 is 1. The van der Waals surface area contributed by atoms with Gasteiger partial charge in [0.25, 0.3) is 0 Å². The van der Waals surface area contributed by atoms with E-state index < -0.39 is 28.0 Å². The minimum absolute atomic E-state index is 0.0774. The number of nitro groups is 1. The average molecular weight is 312 g/mol. The SMILES string of the molecule is COC(=O)CC1(O)CCN(c2ccc([N+](=O)[O-])c(F)c2)CC1. The number of esters is 1. The molecule has 0 aromatic heterocycles. The second-order valence-electron chi connectivity index (χ2n) is 5.36. The summed E-state index contributed by atoms with van der Waals surface area (Å²) in [4.78, 5) is 22.9. The third kappa shape index (κ3) is 3.51. The van der Waals surface area contributed by atoms with E-state index in [1.165, 1.54) is 13.2 Å². The van der Waals surface area contributed by atoms with Gasteiger partial charge < -0.3 is 14.7 Å². The second-order valence-corrected chi connectivity index (χ2v) is 5.36. The Kier molecular flexibility index (Phi) is 4.60. The van der Waals surface area contributed by atoms with E-state index in [-0.39, 0.29) is 6.42 Å². The molecule has 1 N–H and O–H groups in total. The topological polar surface area (TPSA) is 92.9 Å². The van der Waals surface area contributed by atoms with Crippen LogP contribution in [0.4, 0.5) is 15.8 Å². The van der Waals surface area contributed by atoms with Crippen LogP contribution in [0.1, 0.15) is 19.3 Å². The van der Waals surface area contributed by atoms with Gasteiger partial charge >= 0.3 is 11.7 Å². The van der Waals surface area contributed by atoms with E-state index in [4.69, 9.17) is 0 Å². The molecule has 0 unspecified atom stereocenters. The van der Waals surface area contributed by atoms with E-state index in [0.717, 1.165) is 12.1 Å². The molecule has 22 heavy (non-hydrogen) atoms. The van der Waals surface area contributed by atoms with Gasteiger partial charge in [-0.2, -0.15) is 4.39 Å². The van der Waals surface area contributed by atoms with E-state index in [1.807, 2.05) is 4.90 Å². The van der Waals surface area contributed by atoms with Crippen molar-refractivity contribution in [3.63, 3.8) is 0 Å². The molecule has 0 aliphatic carbocycles. The first kappa shape index (κ1) is 16.2. The van der Waals surface area contributed by atoms with Gasteiger partial charge in [-0.1, -0.05) is 0 Å². The molecule has 1 aliphatic heterocycles. The van der Waals surface area contributed by atoms with Crippen LogP contribution in [0.25, 0.3) is 0 Å². The quantitative estimate of drug-likeness (QED) is 0.516. The summed E-state index contributed by atoms with van der Waals surface area (Å²) in [6.45, 7) is 0.843. The van der Waals surface area contributed by atoms with E-state index in [9.17, 15) is 24.4 Å². The van der Waals surface area contributed by atoms with Gasteiger partial charge in [0, 0.05) is 30.9 Å². The molecular formula is C14H17FN2O5. The van der Waals surface area contributed by atoms with Crippen molar-refractivity contribution in [3.05, 3.63) is 34.1 Å². The predicted molar refractivity (Wildman–Crippen MR) is 76.1 cm³/mol. The molecule has 1 aliphatic rings. The molecule has 0 amide bonds. The predicted octanol–water partition coefficient (Wildman–Crippen LogP) is 1.63. The lowest BCUT2D eigenvalue weighted by molar-refractivity contribution is -0.387. The summed E-state index contributed by atoms with van der Waals surface area (Å²) in [5.41, 5.74) is -1.17. The molecule has 0 atom stereocenters. The lowest BCUT2D eigenvalue weighted by atomic mass is 9.88. The van der Waals surface area contributed by atoms with Gasteiger partial charge in [0.05, 0.1) is 24.1 Å². The number of nitro benzene ring substituents is 1. The van der Waals surface area contributed by atoms with Crippen molar-refractivity contribution in [1.82, 2.24) is 0 Å². The molecule has 1 aromatic rings. The lowest BCUT2D eigenvalue weighted by Crippen LogP contribution is -2.45. The molecule has 1 fully saturated rings. The molecule has 0 spiro atoms. The molecule has 7 nitrogen and oxygen atoms in total. The third-order valence-corrected chi connectivity index (χ3v) is 3.89. The summed E-state index contributed by atoms with van der Waals surface area (Å²) in [6, 6.07) is 3.72. The van der Waals surface area contributed by atoms with Crippen LogP contribution in [0.3, 0.4) is 0 Å². The lowest BCUT2D eigenvalue weighted by Gasteiger charge is -2.38. The Balaban J connectivity index is 2.04. The van der Waals surface area contributed by atoms with Gasteiger partial charge in [-0.25, -0.2) is 0 Å². The fourth-order valence-electron chi connectivity index (χ4n) is 2.54. The van der Waals surface area contributed by atoms with Crippen molar-refractivity contribution in [2.45, 2.75) is 24.9 Å². The highest BCUT2D eigenvalue weighted by molar-refractivity contribution is 5.70. The Labute approximate surface area is 126 Å². The van der Waals surface area contributed by atoms with E-state index in [1.54, 1.807) is 0 Å². The van der Waals surface area contributed by atoms with Crippen molar-refractivity contribution in [2.24, 2.45) is 0 Å². The van der Waals surface area contributed by atoms with Crippen molar-refractivity contribution >= 4 is 17.3 Å². The van der Waals surface area contributed by atoms with Crippen LogP contribution >= 0.6 is 0 Å². The number of benzene rings is 1. The highest BCUT2D eigenvalue weighted by atomic mass is 19.1. The maximum absolute atomic E-state index is 13.6. The number of anilines is 1. The Hall–Kier alpha value is -2.22. The van der Waals surface area contributed by atoms with Crippen molar-refractivity contribution < 1.29 is 24.0 Å². The summed E-state index contributed by atoms with van der Waals surface area (Å²) in [7, 11) is 1.26. The highest BCUT2D eigenvalue weighted by Gasteiger charge is 2.35. The fraction of sp³-hybridized carbons (Fsp3) is 0.500. The third-order valence-electron chi connectivity index (χ3n) is 3.89. The zero-order valence-corrected chi connectivity index (χ0v) is 12.1. The number of carbonyl (C=O) groups is 1. The molecule has 0 radical (unpaired) electrons. The maximum atomic E-state index is 13.6. The van der Waals surface area contributed by atoms with Crippen LogP contribution < -0.4 is 4.90 Å². The van der Waals surface area contributed by atoms with Crippen LogP contribution in [-0.4, -0.2) is 41.8 Å². The van der Waals surface area contributed by atoms with Crippen molar-refractivity contribution in [3.8, 4) is 0 Å². The van der Waals surface area contributed by atoms with Gasteiger partial charge in [0.15, 0.2) is 0 Å². The normalized spacial score (nSPS) is 17.1. The maximum Gasteiger partial charge on any atom is 0.308 e. The first-order valence-electron chi connectivity index (χ1n) is 6.83. The van der Waals surface area contributed by atoms with E-state index in [2.05, 4.69) is 4.74 Å². The van der Waals surface area contributed by atoms with Crippen LogP contribution in [0.15, 0.2) is 18.2 Å². The average Bonchev–Trinajstić information content (AvgIpc) is 2.47. The number of nitrogens with zero attached hydrogens (tertiary/aromatic N) is 2. The Bertz CT molecular complexity index is 585. The molecule has 120 valence electrons. The summed E-state index contributed by atoms with van der Waals surface area (Å²) in [5.74, 6) is -1.37. The summed E-state index contributed by atoms with van der Waals surface area (Å²) in [6.07, 6.45) is 0.591. The van der Waals surface area contributed by atoms with E-state index >= 15 is 0 Å². The molecular weight excluding hydrogens is 295 g/mol. The number of halogens is 1. The number of piperidine rings is 1. The van der Waals surface area contributed by atoms with Gasteiger partial charge in [-0.05, 0) is 18.9 Å². The number of rotatable bonds is 4. The summed E-state index contributed by atoms with van der Waals surface area (Å²) in [5, 5.41) is 20.9. The number of carbonyl (C=O) groups excluding carboxylic acids is 1. The smallest absolute Gasteiger partial charge is 0.308 e. The second kappa shape index (κ2) is 6.27. The highest BCUT2D eigenvalue weighted by Crippen LogP contribution is 2.30. The molecule has 0 bridgehead atoms. The first-order valence-corrected chi connectivity index (χ1v) is 6.83.